The SMILES string of the molecule is C=CCOCC=C.[HH]. The minimum Gasteiger partial charge on any atom is -0.373 e. The maximum atomic E-state index is 4.90. The molecule has 0 unspecified atom stereocenters. The van der Waals surface area contributed by atoms with Crippen molar-refractivity contribution >= 4 is 0 Å². The zero-order valence-electron chi connectivity index (χ0n) is 4.39. The number of hydrogen-bond donors (Lipinski definition) is 0. The Morgan fingerprint density at radius 3 is 2.00 bits per heavy atom. The predicted octanol–water partition coefficient (Wildman–Crippen LogP) is 1.62. The molecule has 0 saturated carbocycles. The van der Waals surface area contributed by atoms with E-state index in [1.807, 2.05) is 0 Å². The molecule has 0 fully saturated rings. The summed E-state index contributed by atoms with van der Waals surface area (Å²) in [5.41, 5.74) is 0. The molecule has 0 aromatic carbocycles. The van der Waals surface area contributed by atoms with Crippen molar-refractivity contribution in [2.45, 2.75) is 0 Å². The van der Waals surface area contributed by atoms with Gasteiger partial charge in [-0.15, -0.1) is 13.2 Å². The van der Waals surface area contributed by atoms with Gasteiger partial charge in [-0.3, -0.25) is 0 Å². The standard InChI is InChI=1S/C6H10O.H2/c1-3-5-7-6-4-2;/h3-4H,1-2,5-6H2;1H. The van der Waals surface area contributed by atoms with Gasteiger partial charge in [0.25, 0.3) is 0 Å². The van der Waals surface area contributed by atoms with Gasteiger partial charge in [0, 0.05) is 1.43 Å². The van der Waals surface area contributed by atoms with Crippen LogP contribution in [0, 0.1) is 0 Å². The molecule has 0 amide bonds. The molecule has 7 heavy (non-hydrogen) atoms. The molecule has 0 aromatic rings. The second kappa shape index (κ2) is 5.44. The first kappa shape index (κ1) is 6.44. The zero-order chi connectivity index (χ0) is 5.54. The van der Waals surface area contributed by atoms with Gasteiger partial charge in [0.05, 0.1) is 13.2 Å². The number of rotatable bonds is 4. The fourth-order valence-corrected chi connectivity index (χ4v) is 0.235. The van der Waals surface area contributed by atoms with Crippen LogP contribution in [0.15, 0.2) is 25.3 Å². The second-order valence-corrected chi connectivity index (χ2v) is 1.11. The van der Waals surface area contributed by atoms with Crippen molar-refractivity contribution in [1.82, 2.24) is 0 Å². The Labute approximate surface area is 45.8 Å². The quantitative estimate of drug-likeness (QED) is 0.385. The summed E-state index contributed by atoms with van der Waals surface area (Å²) in [5, 5.41) is 0. The average Bonchev–Trinajstić information content (AvgIpc) is 1.69. The predicted molar refractivity (Wildman–Crippen MR) is 33.3 cm³/mol. The smallest absolute Gasteiger partial charge is 0.0649 e. The minimum absolute atomic E-state index is 0. The van der Waals surface area contributed by atoms with Gasteiger partial charge in [-0.25, -0.2) is 0 Å². The highest BCUT2D eigenvalue weighted by molar-refractivity contribution is 4.68. The fraction of sp³-hybridized carbons (Fsp3) is 0.333. The van der Waals surface area contributed by atoms with Gasteiger partial charge >= 0.3 is 0 Å². The molecule has 0 bridgehead atoms. The van der Waals surface area contributed by atoms with Crippen LogP contribution in [0.3, 0.4) is 0 Å². The van der Waals surface area contributed by atoms with Gasteiger partial charge in [-0.1, -0.05) is 12.2 Å². The van der Waals surface area contributed by atoms with Crippen LogP contribution in [0.25, 0.3) is 0 Å². The zero-order valence-corrected chi connectivity index (χ0v) is 4.39. The summed E-state index contributed by atoms with van der Waals surface area (Å²) in [6, 6.07) is 0. The molecule has 0 aromatic heterocycles. The molecule has 0 aliphatic carbocycles. The molecule has 1 nitrogen and oxygen atoms in total. The van der Waals surface area contributed by atoms with Gasteiger partial charge in [-0.05, 0) is 0 Å². The fourth-order valence-electron chi connectivity index (χ4n) is 0.235. The lowest BCUT2D eigenvalue weighted by atomic mass is 10.6. The Morgan fingerprint density at radius 1 is 1.29 bits per heavy atom. The molecule has 0 N–H and O–H groups in total. The van der Waals surface area contributed by atoms with Crippen LogP contribution >= 0.6 is 0 Å². The second-order valence-electron chi connectivity index (χ2n) is 1.11. The third-order valence-electron chi connectivity index (χ3n) is 0.471. The van der Waals surface area contributed by atoms with E-state index in [0.29, 0.717) is 13.2 Å². The molecule has 0 saturated heterocycles. The van der Waals surface area contributed by atoms with Crippen molar-refractivity contribution in [3.8, 4) is 0 Å². The minimum atomic E-state index is 0. The van der Waals surface area contributed by atoms with Gasteiger partial charge in [0.15, 0.2) is 0 Å². The molecule has 0 spiro atoms. The Morgan fingerprint density at radius 2 is 1.71 bits per heavy atom. The number of ether oxygens (including phenoxy) is 1. The molecule has 42 valence electrons. The summed E-state index contributed by atoms with van der Waals surface area (Å²) < 4.78 is 4.90. The Balaban J connectivity index is 0. The molecule has 1 heteroatoms. The first-order valence-electron chi connectivity index (χ1n) is 2.21. The summed E-state index contributed by atoms with van der Waals surface area (Å²) in [6.07, 6.45) is 3.42. The van der Waals surface area contributed by atoms with E-state index in [2.05, 4.69) is 13.2 Å². The van der Waals surface area contributed by atoms with Crippen molar-refractivity contribution in [2.24, 2.45) is 0 Å². The van der Waals surface area contributed by atoms with E-state index in [-0.39, 0.29) is 1.43 Å². The molecule has 0 heterocycles. The molecule has 0 rings (SSSR count). The molecular weight excluding hydrogens is 88.1 g/mol. The van der Waals surface area contributed by atoms with Crippen molar-refractivity contribution in [2.75, 3.05) is 13.2 Å². The van der Waals surface area contributed by atoms with Crippen LogP contribution < -0.4 is 0 Å². The van der Waals surface area contributed by atoms with E-state index >= 15 is 0 Å². The maximum Gasteiger partial charge on any atom is 0.0649 e. The first-order valence-corrected chi connectivity index (χ1v) is 2.21. The van der Waals surface area contributed by atoms with Crippen LogP contribution in [-0.2, 0) is 4.74 Å². The van der Waals surface area contributed by atoms with Crippen LogP contribution in [0.4, 0.5) is 0 Å². The first-order chi connectivity index (χ1) is 3.41. The van der Waals surface area contributed by atoms with Crippen LogP contribution in [0.1, 0.15) is 1.43 Å². The number of hydrogen-bond acceptors (Lipinski definition) is 1. The van der Waals surface area contributed by atoms with E-state index in [4.69, 9.17) is 4.74 Å². The Bertz CT molecular complexity index is 53.5. The highest BCUT2D eigenvalue weighted by Gasteiger charge is 1.70. The molecular formula is C6H12O. The van der Waals surface area contributed by atoms with Crippen LogP contribution in [-0.4, -0.2) is 13.2 Å². The summed E-state index contributed by atoms with van der Waals surface area (Å²) >= 11 is 0. The maximum absolute atomic E-state index is 4.90. The largest absolute Gasteiger partial charge is 0.373 e. The van der Waals surface area contributed by atoms with Crippen LogP contribution in [0.5, 0.6) is 0 Å². The monoisotopic (exact) mass is 100 g/mol. The summed E-state index contributed by atoms with van der Waals surface area (Å²) in [6.45, 7) is 8.18. The Kier molecular flexibility index (Phi) is 5.00. The van der Waals surface area contributed by atoms with Crippen molar-refractivity contribution < 1.29 is 6.16 Å². The van der Waals surface area contributed by atoms with Gasteiger partial charge in [0.2, 0.25) is 0 Å². The highest BCUT2D eigenvalue weighted by Crippen LogP contribution is 1.72. The summed E-state index contributed by atoms with van der Waals surface area (Å²) in [5.74, 6) is 0. The Hall–Kier alpha value is -0.560. The van der Waals surface area contributed by atoms with E-state index in [1.54, 1.807) is 12.2 Å². The van der Waals surface area contributed by atoms with Crippen molar-refractivity contribution in [3.63, 3.8) is 0 Å². The summed E-state index contributed by atoms with van der Waals surface area (Å²) in [4.78, 5) is 0. The van der Waals surface area contributed by atoms with E-state index in [9.17, 15) is 0 Å². The van der Waals surface area contributed by atoms with Gasteiger partial charge in [-0.2, -0.15) is 0 Å². The lowest BCUT2D eigenvalue weighted by Gasteiger charge is -1.89. The lowest BCUT2D eigenvalue weighted by molar-refractivity contribution is 0.194. The van der Waals surface area contributed by atoms with Gasteiger partial charge < -0.3 is 4.74 Å². The topological polar surface area (TPSA) is 9.23 Å². The molecule has 0 aliphatic heterocycles. The summed E-state index contributed by atoms with van der Waals surface area (Å²) in [7, 11) is 0. The van der Waals surface area contributed by atoms with Crippen molar-refractivity contribution in [1.29, 1.82) is 0 Å². The third-order valence-corrected chi connectivity index (χ3v) is 0.471. The lowest BCUT2D eigenvalue weighted by Crippen LogP contribution is -1.87. The average molecular weight is 100 g/mol. The highest BCUT2D eigenvalue weighted by atomic mass is 16.5. The van der Waals surface area contributed by atoms with E-state index in [1.165, 1.54) is 0 Å². The molecule has 0 radical (unpaired) electrons. The van der Waals surface area contributed by atoms with E-state index in [0.717, 1.165) is 0 Å². The van der Waals surface area contributed by atoms with Crippen molar-refractivity contribution in [3.05, 3.63) is 25.3 Å². The van der Waals surface area contributed by atoms with Gasteiger partial charge in [0.1, 0.15) is 0 Å². The molecule has 0 atom stereocenters. The van der Waals surface area contributed by atoms with E-state index < -0.39 is 0 Å². The third kappa shape index (κ3) is 5.44. The molecule has 0 aliphatic rings. The normalized spacial score (nSPS) is 8.00. The van der Waals surface area contributed by atoms with Crippen LogP contribution in [0.2, 0.25) is 0 Å².